The van der Waals surface area contributed by atoms with E-state index in [1.807, 2.05) is 36.4 Å². The Bertz CT molecular complexity index is 858. The van der Waals surface area contributed by atoms with E-state index >= 15 is 0 Å². The maximum absolute atomic E-state index is 12.5. The van der Waals surface area contributed by atoms with E-state index in [1.54, 1.807) is 13.4 Å². The van der Waals surface area contributed by atoms with Gasteiger partial charge in [0, 0.05) is 32.4 Å². The monoisotopic (exact) mass is 440 g/mol. The molecule has 0 unspecified atom stereocenters. The molecule has 0 saturated heterocycles. The second kappa shape index (κ2) is 12.3. The first-order chi connectivity index (χ1) is 15.6. The van der Waals surface area contributed by atoms with Crippen molar-refractivity contribution in [1.29, 1.82) is 0 Å². The Morgan fingerprint density at radius 1 is 1.16 bits per heavy atom. The number of methoxy groups -OCH3 is 1. The molecule has 0 spiro atoms. The summed E-state index contributed by atoms with van der Waals surface area (Å²) in [5.74, 6) is 1.41. The largest absolute Gasteiger partial charge is 0.467 e. The van der Waals surface area contributed by atoms with E-state index < -0.39 is 0 Å². The predicted molar refractivity (Wildman–Crippen MR) is 127 cm³/mol. The van der Waals surface area contributed by atoms with Crippen LogP contribution in [0.5, 0.6) is 0 Å². The molecule has 174 valence electrons. The first-order valence-electron chi connectivity index (χ1n) is 11.5. The van der Waals surface area contributed by atoms with Crippen LogP contribution >= 0.6 is 0 Å². The number of amides is 1. The number of hydrogen-bond acceptors (Lipinski definition) is 4. The van der Waals surface area contributed by atoms with Gasteiger partial charge in [0.15, 0.2) is 5.96 Å². The molecule has 1 fully saturated rings. The van der Waals surface area contributed by atoms with Crippen molar-refractivity contribution in [3.05, 3.63) is 59.5 Å². The Balaban J connectivity index is 1.58. The molecule has 0 atom stereocenters. The van der Waals surface area contributed by atoms with Crippen LogP contribution in [0.4, 0.5) is 0 Å². The van der Waals surface area contributed by atoms with Crippen molar-refractivity contribution in [2.24, 2.45) is 10.4 Å². The molecule has 3 rings (SSSR count). The zero-order valence-corrected chi connectivity index (χ0v) is 19.3. The summed E-state index contributed by atoms with van der Waals surface area (Å²) in [6, 6.07) is 11.2. The molecule has 0 aliphatic heterocycles. The molecule has 1 saturated carbocycles. The number of carbonyl (C=O) groups is 1. The quantitative estimate of drug-likeness (QED) is 0.365. The van der Waals surface area contributed by atoms with Crippen LogP contribution in [-0.2, 0) is 17.8 Å². The van der Waals surface area contributed by atoms with Crippen molar-refractivity contribution < 1.29 is 13.9 Å². The summed E-state index contributed by atoms with van der Waals surface area (Å²) < 4.78 is 10.6. The fourth-order valence-electron chi connectivity index (χ4n) is 4.24. The third-order valence-corrected chi connectivity index (χ3v) is 6.09. The fraction of sp³-hybridized carbons (Fsp3) is 0.520. The van der Waals surface area contributed by atoms with Crippen LogP contribution < -0.4 is 16.0 Å². The van der Waals surface area contributed by atoms with Crippen molar-refractivity contribution in [3.8, 4) is 0 Å². The molecule has 7 heteroatoms. The maximum atomic E-state index is 12.5. The van der Waals surface area contributed by atoms with Crippen molar-refractivity contribution in [2.45, 2.75) is 52.1 Å². The number of furan rings is 1. The lowest BCUT2D eigenvalue weighted by Gasteiger charge is -2.30. The Labute approximate surface area is 191 Å². The van der Waals surface area contributed by atoms with Crippen LogP contribution in [0.1, 0.15) is 60.7 Å². The molecule has 1 heterocycles. The normalized spacial score (nSPS) is 15.5. The zero-order valence-electron chi connectivity index (χ0n) is 19.3. The smallest absolute Gasteiger partial charge is 0.251 e. The number of carbonyl (C=O) groups excluding carboxylic acids is 1. The zero-order chi connectivity index (χ0) is 22.7. The molecule has 32 heavy (non-hydrogen) atoms. The Hall–Kier alpha value is -2.80. The maximum Gasteiger partial charge on any atom is 0.251 e. The lowest BCUT2D eigenvalue weighted by atomic mass is 9.83. The first kappa shape index (κ1) is 23.9. The summed E-state index contributed by atoms with van der Waals surface area (Å²) in [6.07, 6.45) is 7.71. The van der Waals surface area contributed by atoms with E-state index in [9.17, 15) is 4.79 Å². The molecule has 2 aromatic rings. The van der Waals surface area contributed by atoms with E-state index in [4.69, 9.17) is 14.1 Å². The summed E-state index contributed by atoms with van der Waals surface area (Å²) in [6.45, 7) is 5.43. The van der Waals surface area contributed by atoms with Crippen LogP contribution in [0.2, 0.25) is 0 Å². The Morgan fingerprint density at radius 3 is 2.72 bits per heavy atom. The highest BCUT2D eigenvalue weighted by Gasteiger charge is 2.33. The highest BCUT2D eigenvalue weighted by atomic mass is 16.5. The molecule has 1 aromatic heterocycles. The van der Waals surface area contributed by atoms with Gasteiger partial charge in [0.1, 0.15) is 5.76 Å². The summed E-state index contributed by atoms with van der Waals surface area (Å²) in [7, 11) is 1.77. The minimum Gasteiger partial charge on any atom is -0.467 e. The number of guanidine groups is 1. The standard InChI is InChI=1S/C25H36N4O3/c1-3-26-24(29-19-25(13-15-31-2)11-4-5-12-25)28-17-20-8-6-9-21(16-20)23(30)27-18-22-10-7-14-32-22/h6-10,14,16H,3-5,11-13,15,17-19H2,1-2H3,(H,27,30)(H2,26,28,29). The van der Waals surface area contributed by atoms with E-state index in [-0.39, 0.29) is 11.3 Å². The second-order valence-electron chi connectivity index (χ2n) is 8.46. The average Bonchev–Trinajstić information content (AvgIpc) is 3.51. The van der Waals surface area contributed by atoms with Crippen molar-refractivity contribution in [3.63, 3.8) is 0 Å². The molecule has 3 N–H and O–H groups in total. The first-order valence-corrected chi connectivity index (χ1v) is 11.5. The molecular formula is C25H36N4O3. The van der Waals surface area contributed by atoms with Gasteiger partial charge in [-0.2, -0.15) is 0 Å². The molecular weight excluding hydrogens is 404 g/mol. The molecule has 1 aliphatic rings. The van der Waals surface area contributed by atoms with Gasteiger partial charge in [-0.3, -0.25) is 4.79 Å². The van der Waals surface area contributed by atoms with Gasteiger partial charge in [-0.15, -0.1) is 0 Å². The van der Waals surface area contributed by atoms with Crippen LogP contribution in [0.15, 0.2) is 52.1 Å². The summed E-state index contributed by atoms with van der Waals surface area (Å²) >= 11 is 0. The van der Waals surface area contributed by atoms with E-state index in [0.29, 0.717) is 18.7 Å². The third-order valence-electron chi connectivity index (χ3n) is 6.09. The molecule has 0 bridgehead atoms. The number of rotatable bonds is 11. The van der Waals surface area contributed by atoms with Gasteiger partial charge in [-0.1, -0.05) is 25.0 Å². The molecule has 1 aromatic carbocycles. The lowest BCUT2D eigenvalue weighted by Crippen LogP contribution is -2.43. The van der Waals surface area contributed by atoms with Gasteiger partial charge < -0.3 is 25.1 Å². The lowest BCUT2D eigenvalue weighted by molar-refractivity contribution is 0.0948. The van der Waals surface area contributed by atoms with Gasteiger partial charge in [-0.05, 0) is 61.4 Å². The van der Waals surface area contributed by atoms with Crippen LogP contribution in [0.25, 0.3) is 0 Å². The van der Waals surface area contributed by atoms with Crippen molar-refractivity contribution >= 4 is 11.9 Å². The number of nitrogens with one attached hydrogen (secondary N) is 3. The van der Waals surface area contributed by atoms with Gasteiger partial charge in [0.25, 0.3) is 5.91 Å². The van der Waals surface area contributed by atoms with Crippen LogP contribution in [-0.4, -0.2) is 38.7 Å². The predicted octanol–water partition coefficient (Wildman–Crippen LogP) is 3.86. The van der Waals surface area contributed by atoms with Gasteiger partial charge >= 0.3 is 0 Å². The minimum atomic E-state index is -0.126. The van der Waals surface area contributed by atoms with Crippen molar-refractivity contribution in [2.75, 3.05) is 26.8 Å². The van der Waals surface area contributed by atoms with Gasteiger partial charge in [0.2, 0.25) is 0 Å². The van der Waals surface area contributed by atoms with Crippen LogP contribution in [0, 0.1) is 5.41 Å². The Kier molecular flexibility index (Phi) is 9.16. The summed E-state index contributed by atoms with van der Waals surface area (Å²) in [5, 5.41) is 9.77. The number of nitrogens with zero attached hydrogens (tertiary/aromatic N) is 1. The number of ether oxygens (including phenoxy) is 1. The van der Waals surface area contributed by atoms with E-state index in [2.05, 4.69) is 22.9 Å². The molecule has 1 amide bonds. The molecule has 7 nitrogen and oxygen atoms in total. The topological polar surface area (TPSA) is 87.9 Å². The number of hydrogen-bond donors (Lipinski definition) is 3. The highest BCUT2D eigenvalue weighted by molar-refractivity contribution is 5.94. The molecule has 1 aliphatic carbocycles. The summed E-state index contributed by atoms with van der Waals surface area (Å²) in [5.41, 5.74) is 1.90. The number of aliphatic imine (C=N–C) groups is 1. The SMILES string of the molecule is CCNC(=NCc1cccc(C(=O)NCc2ccco2)c1)NCC1(CCOC)CCCC1. The van der Waals surface area contributed by atoms with E-state index in [1.165, 1.54) is 25.7 Å². The average molecular weight is 441 g/mol. The summed E-state index contributed by atoms with van der Waals surface area (Å²) in [4.78, 5) is 17.2. The van der Waals surface area contributed by atoms with Crippen molar-refractivity contribution in [1.82, 2.24) is 16.0 Å². The van der Waals surface area contributed by atoms with Gasteiger partial charge in [0.05, 0.1) is 19.4 Å². The Morgan fingerprint density at radius 2 is 2.00 bits per heavy atom. The van der Waals surface area contributed by atoms with Crippen LogP contribution in [0.3, 0.4) is 0 Å². The number of benzene rings is 1. The van der Waals surface area contributed by atoms with E-state index in [0.717, 1.165) is 43.4 Å². The fourth-order valence-corrected chi connectivity index (χ4v) is 4.24. The van der Waals surface area contributed by atoms with Gasteiger partial charge in [-0.25, -0.2) is 4.99 Å². The molecule has 0 radical (unpaired) electrons. The second-order valence-corrected chi connectivity index (χ2v) is 8.46. The highest BCUT2D eigenvalue weighted by Crippen LogP contribution is 2.40. The third kappa shape index (κ3) is 7.12. The minimum absolute atomic E-state index is 0.126.